The summed E-state index contributed by atoms with van der Waals surface area (Å²) in [6.45, 7) is 7.86. The van der Waals surface area contributed by atoms with E-state index in [9.17, 15) is 4.39 Å². The molecule has 0 aliphatic carbocycles. The number of benzene rings is 1. The smallest absolute Gasteiger partial charge is 0.249 e. The van der Waals surface area contributed by atoms with Crippen molar-refractivity contribution in [3.05, 3.63) is 41.4 Å². The van der Waals surface area contributed by atoms with Crippen LogP contribution in [-0.4, -0.2) is 49.5 Å². The van der Waals surface area contributed by atoms with Gasteiger partial charge in [-0.05, 0) is 38.3 Å². The van der Waals surface area contributed by atoms with Crippen molar-refractivity contribution in [3.63, 3.8) is 0 Å². The first kappa shape index (κ1) is 22.0. The van der Waals surface area contributed by atoms with Crippen LogP contribution in [0.3, 0.4) is 0 Å². The van der Waals surface area contributed by atoms with Gasteiger partial charge < -0.3 is 9.64 Å². The molecule has 2 rings (SSSR count). The summed E-state index contributed by atoms with van der Waals surface area (Å²) in [6.07, 6.45) is 3.80. The normalized spacial score (nSPS) is 18.0. The number of hydrogen-bond acceptors (Lipinski definition) is 5. The molecule has 0 aromatic heterocycles. The SMILES string of the molecule is C/C=C1/OC(c2c(F)cccc2N(C)C)=NN(C)/C1=N/C(C)SC.CC. The average Bonchev–Trinajstić information content (AvgIpc) is 2.64. The molecule has 26 heavy (non-hydrogen) atoms. The van der Waals surface area contributed by atoms with Gasteiger partial charge in [-0.1, -0.05) is 19.9 Å². The molecule has 1 aromatic rings. The van der Waals surface area contributed by atoms with Gasteiger partial charge in [-0.15, -0.1) is 16.9 Å². The second-order valence-corrected chi connectivity index (χ2v) is 6.65. The average molecular weight is 381 g/mol. The van der Waals surface area contributed by atoms with Crippen molar-refractivity contribution in [1.82, 2.24) is 5.01 Å². The molecule has 5 nitrogen and oxygen atoms in total. The van der Waals surface area contributed by atoms with Crippen LogP contribution in [0.25, 0.3) is 0 Å². The molecule has 144 valence electrons. The van der Waals surface area contributed by atoms with E-state index in [1.807, 2.05) is 65.1 Å². The van der Waals surface area contributed by atoms with Crippen LogP contribution >= 0.6 is 11.8 Å². The number of aliphatic imine (C=N–C) groups is 1. The maximum atomic E-state index is 14.5. The van der Waals surface area contributed by atoms with Crippen LogP contribution in [0.2, 0.25) is 0 Å². The van der Waals surface area contributed by atoms with Gasteiger partial charge in [0.1, 0.15) is 5.82 Å². The van der Waals surface area contributed by atoms with E-state index in [4.69, 9.17) is 4.74 Å². The van der Waals surface area contributed by atoms with Crippen LogP contribution in [0.4, 0.5) is 10.1 Å². The Hall–Kier alpha value is -2.02. The molecule has 1 atom stereocenters. The van der Waals surface area contributed by atoms with Gasteiger partial charge in [0.25, 0.3) is 0 Å². The zero-order chi connectivity index (χ0) is 19.9. The number of likely N-dealkylation sites (N-methyl/N-ethyl adjacent to an activating group) is 1. The Morgan fingerprint density at radius 2 is 2.00 bits per heavy atom. The van der Waals surface area contributed by atoms with Crippen LogP contribution in [-0.2, 0) is 4.74 Å². The van der Waals surface area contributed by atoms with E-state index in [1.54, 1.807) is 29.9 Å². The molecule has 1 aromatic carbocycles. The first-order chi connectivity index (χ1) is 12.4. The largest absolute Gasteiger partial charge is 0.433 e. The van der Waals surface area contributed by atoms with Crippen molar-refractivity contribution >= 4 is 29.2 Å². The van der Waals surface area contributed by atoms with Gasteiger partial charge in [0.15, 0.2) is 11.6 Å². The van der Waals surface area contributed by atoms with Crippen molar-refractivity contribution in [1.29, 1.82) is 0 Å². The molecule has 0 amide bonds. The monoisotopic (exact) mass is 380 g/mol. The van der Waals surface area contributed by atoms with Gasteiger partial charge in [0.05, 0.1) is 16.6 Å². The molecule has 0 fully saturated rings. The van der Waals surface area contributed by atoms with Crippen LogP contribution in [0.5, 0.6) is 0 Å². The first-order valence-electron chi connectivity index (χ1n) is 8.62. The van der Waals surface area contributed by atoms with E-state index in [0.29, 0.717) is 22.8 Å². The molecule has 1 aliphatic heterocycles. The van der Waals surface area contributed by atoms with Crippen molar-refractivity contribution < 1.29 is 9.13 Å². The molecular weight excluding hydrogens is 351 g/mol. The molecule has 0 saturated carbocycles. The number of hydrogen-bond donors (Lipinski definition) is 0. The molecule has 0 saturated heterocycles. The van der Waals surface area contributed by atoms with Gasteiger partial charge in [0.2, 0.25) is 5.90 Å². The highest BCUT2D eigenvalue weighted by molar-refractivity contribution is 7.99. The maximum absolute atomic E-state index is 14.5. The second kappa shape index (κ2) is 10.2. The van der Waals surface area contributed by atoms with Gasteiger partial charge in [-0.2, -0.15) is 0 Å². The lowest BCUT2D eigenvalue weighted by molar-refractivity contribution is 0.366. The fourth-order valence-electron chi connectivity index (χ4n) is 2.27. The first-order valence-corrected chi connectivity index (χ1v) is 9.91. The lowest BCUT2D eigenvalue weighted by atomic mass is 10.1. The van der Waals surface area contributed by atoms with E-state index in [1.165, 1.54) is 6.07 Å². The van der Waals surface area contributed by atoms with Crippen molar-refractivity contribution in [2.45, 2.75) is 33.1 Å². The molecule has 1 heterocycles. The Labute approximate surface area is 160 Å². The van der Waals surface area contributed by atoms with Crippen LogP contribution < -0.4 is 4.90 Å². The summed E-state index contributed by atoms with van der Waals surface area (Å²) in [4.78, 5) is 6.43. The highest BCUT2D eigenvalue weighted by atomic mass is 32.2. The molecule has 1 unspecified atom stereocenters. The fraction of sp³-hybridized carbons (Fsp3) is 0.474. The number of halogens is 1. The Morgan fingerprint density at radius 3 is 2.54 bits per heavy atom. The van der Waals surface area contributed by atoms with Gasteiger partial charge in [-0.25, -0.2) is 14.4 Å². The zero-order valence-electron chi connectivity index (χ0n) is 16.9. The number of anilines is 1. The summed E-state index contributed by atoms with van der Waals surface area (Å²) < 4.78 is 20.3. The lowest BCUT2D eigenvalue weighted by Crippen LogP contribution is -2.34. The number of amidine groups is 1. The van der Waals surface area contributed by atoms with E-state index in [-0.39, 0.29) is 17.1 Å². The van der Waals surface area contributed by atoms with Gasteiger partial charge in [-0.3, -0.25) is 0 Å². The molecule has 0 spiro atoms. The minimum atomic E-state index is -0.373. The summed E-state index contributed by atoms with van der Waals surface area (Å²) in [5, 5.41) is 6.11. The number of ether oxygens (including phenoxy) is 1. The standard InChI is InChI=1S/C17H23FN4OS.C2H6/c1-7-14-16(19-11(2)24-6)22(5)20-17(23-14)15-12(18)9-8-10-13(15)21(3)4;1-2/h7-11H,1-6H3;1-2H3/b14-7+,19-16+;. The number of rotatable bonds is 4. The number of nitrogens with zero attached hydrogens (tertiary/aromatic N) is 4. The quantitative estimate of drug-likeness (QED) is 0.768. The van der Waals surface area contributed by atoms with E-state index in [0.717, 1.165) is 0 Å². The summed E-state index contributed by atoms with van der Waals surface area (Å²) in [5.74, 6) is 1.05. The van der Waals surface area contributed by atoms with Crippen molar-refractivity contribution in [3.8, 4) is 0 Å². The van der Waals surface area contributed by atoms with Crippen LogP contribution in [0.15, 0.2) is 40.1 Å². The van der Waals surface area contributed by atoms with Gasteiger partial charge in [0, 0.05) is 21.1 Å². The molecule has 7 heteroatoms. The topological polar surface area (TPSA) is 40.4 Å². The summed E-state index contributed by atoms with van der Waals surface area (Å²) >= 11 is 1.63. The molecule has 1 aliphatic rings. The zero-order valence-corrected chi connectivity index (χ0v) is 17.7. The van der Waals surface area contributed by atoms with E-state index in [2.05, 4.69) is 10.1 Å². The number of thioether (sulfide) groups is 1. The minimum Gasteiger partial charge on any atom is -0.433 e. The summed E-state index contributed by atoms with van der Waals surface area (Å²) in [6, 6.07) is 4.91. The second-order valence-electron chi connectivity index (χ2n) is 5.50. The minimum absolute atomic E-state index is 0.0727. The summed E-state index contributed by atoms with van der Waals surface area (Å²) in [5.41, 5.74) is 1.04. The predicted octanol–water partition coefficient (Wildman–Crippen LogP) is 4.55. The van der Waals surface area contributed by atoms with Crippen LogP contribution in [0.1, 0.15) is 33.3 Å². The molecule has 0 radical (unpaired) electrons. The molecule has 0 N–H and O–H groups in total. The number of hydrazone groups is 1. The maximum Gasteiger partial charge on any atom is 0.249 e. The highest BCUT2D eigenvalue weighted by Gasteiger charge is 2.27. The third-order valence-corrected chi connectivity index (χ3v) is 4.36. The van der Waals surface area contributed by atoms with Crippen LogP contribution in [0, 0.1) is 5.82 Å². The molecule has 0 bridgehead atoms. The van der Waals surface area contributed by atoms with Crippen molar-refractivity contribution in [2.75, 3.05) is 32.3 Å². The Morgan fingerprint density at radius 1 is 1.35 bits per heavy atom. The Kier molecular flexibility index (Phi) is 8.65. The highest BCUT2D eigenvalue weighted by Crippen LogP contribution is 2.27. The van der Waals surface area contributed by atoms with E-state index < -0.39 is 0 Å². The third kappa shape index (κ3) is 5.00. The number of allylic oxidation sites excluding steroid dienone is 1. The lowest BCUT2D eigenvalue weighted by Gasteiger charge is -2.28. The Bertz CT molecular complexity index is 701. The van der Waals surface area contributed by atoms with E-state index >= 15 is 0 Å². The third-order valence-electron chi connectivity index (χ3n) is 3.57. The van der Waals surface area contributed by atoms with Crippen molar-refractivity contribution in [2.24, 2.45) is 10.1 Å². The molecular formula is C19H29FN4OS. The fourth-order valence-corrected chi connectivity index (χ4v) is 2.48. The Balaban J connectivity index is 0.00000163. The summed E-state index contributed by atoms with van der Waals surface area (Å²) in [7, 11) is 5.50. The van der Waals surface area contributed by atoms with Gasteiger partial charge >= 0.3 is 0 Å². The predicted molar refractivity (Wildman–Crippen MR) is 112 cm³/mol.